The smallest absolute Gasteiger partial charge is 0.328 e. The van der Waals surface area contributed by atoms with Gasteiger partial charge in [-0.05, 0) is 32.4 Å². The number of rotatable bonds is 5. The Bertz CT molecular complexity index is 631. The molecule has 0 bridgehead atoms. The second-order valence-electron chi connectivity index (χ2n) is 4.44. The lowest BCUT2D eigenvalue weighted by Crippen LogP contribution is -2.25. The number of nitrogens with two attached hydrogens (primary N) is 1. The van der Waals surface area contributed by atoms with Gasteiger partial charge in [-0.15, -0.1) is 0 Å². The quantitative estimate of drug-likeness (QED) is 0.912. The summed E-state index contributed by atoms with van der Waals surface area (Å²) in [4.78, 5) is 14.0. The standard InChI is InChI=1S/C14H18FN5O/c1-4-20(5-2)13-17-12(16)18-14(19-13)21-10-8-6-7-9(3)11(10)15/h6-8H,4-5H2,1-3H3,(H2,16,17,18,19). The summed E-state index contributed by atoms with van der Waals surface area (Å²) in [5, 5.41) is 0. The highest BCUT2D eigenvalue weighted by Gasteiger charge is 2.13. The van der Waals surface area contributed by atoms with Gasteiger partial charge in [0.25, 0.3) is 0 Å². The number of benzene rings is 1. The van der Waals surface area contributed by atoms with E-state index in [9.17, 15) is 4.39 Å². The first-order valence-corrected chi connectivity index (χ1v) is 6.74. The van der Waals surface area contributed by atoms with Crippen molar-refractivity contribution in [3.05, 3.63) is 29.6 Å². The number of ether oxygens (including phenoxy) is 1. The molecule has 2 aromatic rings. The Balaban J connectivity index is 2.34. The summed E-state index contributed by atoms with van der Waals surface area (Å²) in [7, 11) is 0. The molecule has 0 spiro atoms. The van der Waals surface area contributed by atoms with Gasteiger partial charge in [0.2, 0.25) is 11.9 Å². The molecule has 0 aliphatic rings. The van der Waals surface area contributed by atoms with Crippen molar-refractivity contribution in [1.29, 1.82) is 0 Å². The molecule has 0 atom stereocenters. The zero-order valence-electron chi connectivity index (χ0n) is 12.3. The van der Waals surface area contributed by atoms with E-state index in [1.54, 1.807) is 19.1 Å². The van der Waals surface area contributed by atoms with Gasteiger partial charge in [0.05, 0.1) is 0 Å². The number of hydrogen-bond donors (Lipinski definition) is 1. The zero-order chi connectivity index (χ0) is 15.4. The summed E-state index contributed by atoms with van der Waals surface area (Å²) in [6, 6.07) is 4.85. The van der Waals surface area contributed by atoms with Crippen molar-refractivity contribution in [1.82, 2.24) is 15.0 Å². The number of halogens is 1. The van der Waals surface area contributed by atoms with Crippen LogP contribution in [0.15, 0.2) is 18.2 Å². The Morgan fingerprint density at radius 1 is 1.19 bits per heavy atom. The maximum absolute atomic E-state index is 13.9. The molecule has 0 unspecified atom stereocenters. The third-order valence-electron chi connectivity index (χ3n) is 3.02. The summed E-state index contributed by atoms with van der Waals surface area (Å²) < 4.78 is 19.3. The van der Waals surface area contributed by atoms with Crippen molar-refractivity contribution in [3.8, 4) is 11.8 Å². The van der Waals surface area contributed by atoms with E-state index in [1.165, 1.54) is 6.07 Å². The number of aryl methyl sites for hydroxylation is 1. The van der Waals surface area contributed by atoms with Crippen molar-refractivity contribution in [2.45, 2.75) is 20.8 Å². The van der Waals surface area contributed by atoms with Crippen LogP contribution in [0.25, 0.3) is 0 Å². The van der Waals surface area contributed by atoms with E-state index < -0.39 is 5.82 Å². The third kappa shape index (κ3) is 3.36. The van der Waals surface area contributed by atoms with E-state index in [4.69, 9.17) is 10.5 Å². The monoisotopic (exact) mass is 291 g/mol. The van der Waals surface area contributed by atoms with Gasteiger partial charge in [-0.25, -0.2) is 4.39 Å². The first-order chi connectivity index (χ1) is 10.0. The summed E-state index contributed by atoms with van der Waals surface area (Å²) in [6.45, 7) is 7.05. The lowest BCUT2D eigenvalue weighted by atomic mass is 10.2. The lowest BCUT2D eigenvalue weighted by molar-refractivity contribution is 0.408. The van der Waals surface area contributed by atoms with E-state index in [-0.39, 0.29) is 17.7 Å². The van der Waals surface area contributed by atoms with Gasteiger partial charge in [-0.2, -0.15) is 15.0 Å². The fraction of sp³-hybridized carbons (Fsp3) is 0.357. The summed E-state index contributed by atoms with van der Waals surface area (Å²) >= 11 is 0. The second kappa shape index (κ2) is 6.34. The second-order valence-corrected chi connectivity index (χ2v) is 4.44. The number of aromatic nitrogens is 3. The minimum Gasteiger partial charge on any atom is -0.421 e. The van der Waals surface area contributed by atoms with E-state index in [2.05, 4.69) is 15.0 Å². The number of nitrogen functional groups attached to an aromatic ring is 1. The van der Waals surface area contributed by atoms with Crippen LogP contribution in [0.4, 0.5) is 16.3 Å². The van der Waals surface area contributed by atoms with Gasteiger partial charge >= 0.3 is 6.01 Å². The van der Waals surface area contributed by atoms with Crippen molar-refractivity contribution >= 4 is 11.9 Å². The van der Waals surface area contributed by atoms with Crippen LogP contribution in [0.1, 0.15) is 19.4 Å². The lowest BCUT2D eigenvalue weighted by Gasteiger charge is -2.18. The molecule has 21 heavy (non-hydrogen) atoms. The molecule has 2 rings (SSSR count). The van der Waals surface area contributed by atoms with Gasteiger partial charge in [-0.3, -0.25) is 0 Å². The van der Waals surface area contributed by atoms with Crippen molar-refractivity contribution in [3.63, 3.8) is 0 Å². The number of anilines is 2. The normalized spacial score (nSPS) is 10.5. The molecule has 112 valence electrons. The predicted molar refractivity (Wildman–Crippen MR) is 79.0 cm³/mol. The van der Waals surface area contributed by atoms with Crippen LogP contribution in [0, 0.1) is 12.7 Å². The van der Waals surface area contributed by atoms with E-state index in [1.807, 2.05) is 18.7 Å². The van der Waals surface area contributed by atoms with Crippen LogP contribution in [0.5, 0.6) is 11.8 Å². The van der Waals surface area contributed by atoms with Crippen molar-refractivity contribution in [2.24, 2.45) is 0 Å². The SMILES string of the molecule is CCN(CC)c1nc(N)nc(Oc2cccc(C)c2F)n1. The largest absolute Gasteiger partial charge is 0.421 e. The molecule has 2 N–H and O–H groups in total. The first-order valence-electron chi connectivity index (χ1n) is 6.74. The minimum atomic E-state index is -0.444. The summed E-state index contributed by atoms with van der Waals surface area (Å²) in [5.74, 6) is 0.0671. The molecule has 6 nitrogen and oxygen atoms in total. The summed E-state index contributed by atoms with van der Waals surface area (Å²) in [5.41, 5.74) is 6.15. The molecule has 0 fully saturated rings. The maximum atomic E-state index is 13.9. The molecule has 0 amide bonds. The van der Waals surface area contributed by atoms with Crippen LogP contribution >= 0.6 is 0 Å². The van der Waals surface area contributed by atoms with E-state index in [0.29, 0.717) is 11.5 Å². The number of hydrogen-bond acceptors (Lipinski definition) is 6. The molecule has 0 aliphatic carbocycles. The average Bonchev–Trinajstić information content (AvgIpc) is 2.45. The highest BCUT2D eigenvalue weighted by atomic mass is 19.1. The van der Waals surface area contributed by atoms with Gasteiger partial charge < -0.3 is 15.4 Å². The fourth-order valence-electron chi connectivity index (χ4n) is 1.85. The Hall–Kier alpha value is -2.44. The topological polar surface area (TPSA) is 77.2 Å². The maximum Gasteiger partial charge on any atom is 0.328 e. The molecule has 0 radical (unpaired) electrons. The van der Waals surface area contributed by atoms with Crippen LogP contribution in [-0.2, 0) is 0 Å². The fourth-order valence-corrected chi connectivity index (χ4v) is 1.85. The predicted octanol–water partition coefficient (Wildman–Crippen LogP) is 2.54. The molecule has 0 saturated heterocycles. The molecular formula is C14H18FN5O. The highest BCUT2D eigenvalue weighted by Crippen LogP contribution is 2.25. The van der Waals surface area contributed by atoms with Crippen LogP contribution in [-0.4, -0.2) is 28.0 Å². The van der Waals surface area contributed by atoms with Crippen LogP contribution in [0.2, 0.25) is 0 Å². The van der Waals surface area contributed by atoms with Gasteiger partial charge in [0.1, 0.15) is 0 Å². The average molecular weight is 291 g/mol. The Labute approximate surface area is 122 Å². The van der Waals surface area contributed by atoms with Gasteiger partial charge in [-0.1, -0.05) is 12.1 Å². The molecule has 1 aromatic heterocycles. The first kappa shape index (κ1) is 15.0. The third-order valence-corrected chi connectivity index (χ3v) is 3.02. The van der Waals surface area contributed by atoms with Crippen molar-refractivity contribution < 1.29 is 9.13 Å². The Morgan fingerprint density at radius 3 is 2.57 bits per heavy atom. The van der Waals surface area contributed by atoms with Crippen LogP contribution < -0.4 is 15.4 Å². The van der Waals surface area contributed by atoms with Gasteiger partial charge in [0.15, 0.2) is 11.6 Å². The molecule has 1 aromatic carbocycles. The molecule has 1 heterocycles. The molecule has 0 saturated carbocycles. The number of nitrogens with zero attached hydrogens (tertiary/aromatic N) is 4. The Kier molecular flexibility index (Phi) is 4.52. The van der Waals surface area contributed by atoms with Crippen molar-refractivity contribution in [2.75, 3.05) is 23.7 Å². The highest BCUT2D eigenvalue weighted by molar-refractivity contribution is 5.37. The van der Waals surface area contributed by atoms with Crippen LogP contribution in [0.3, 0.4) is 0 Å². The van der Waals surface area contributed by atoms with Gasteiger partial charge in [0, 0.05) is 13.1 Å². The molecule has 0 aliphatic heterocycles. The molecular weight excluding hydrogens is 273 g/mol. The minimum absolute atomic E-state index is 0.0195. The molecule has 7 heteroatoms. The Morgan fingerprint density at radius 2 is 1.90 bits per heavy atom. The van der Waals surface area contributed by atoms with E-state index in [0.717, 1.165) is 13.1 Å². The summed E-state index contributed by atoms with van der Waals surface area (Å²) in [6.07, 6.45) is 0. The van der Waals surface area contributed by atoms with E-state index >= 15 is 0 Å². The zero-order valence-corrected chi connectivity index (χ0v) is 12.3.